The smallest absolute Gasteiger partial charge is 0.346 e. The van der Waals surface area contributed by atoms with E-state index in [2.05, 4.69) is 27.2 Å². The fourth-order valence-electron chi connectivity index (χ4n) is 3.86. The normalized spacial score (nSPS) is 19.5. The van der Waals surface area contributed by atoms with E-state index in [9.17, 15) is 9.59 Å². The lowest BCUT2D eigenvalue weighted by molar-refractivity contribution is -0.122. The molecule has 2 aliphatic heterocycles. The first-order chi connectivity index (χ1) is 14.1. The molecule has 1 N–H and O–H groups in total. The Morgan fingerprint density at radius 3 is 2.97 bits per heavy atom. The number of pyridine rings is 1. The van der Waals surface area contributed by atoms with Gasteiger partial charge >= 0.3 is 5.69 Å². The molecule has 0 saturated carbocycles. The highest BCUT2D eigenvalue weighted by atomic mass is 16.5. The Balaban J connectivity index is 1.31. The number of hydrogen-bond acceptors (Lipinski definition) is 6. The zero-order valence-electron chi connectivity index (χ0n) is 16.8. The van der Waals surface area contributed by atoms with E-state index in [0.717, 1.165) is 56.0 Å². The number of carbonyl (C=O) groups excluding carboxylic acids is 1. The molecule has 29 heavy (non-hydrogen) atoms. The quantitative estimate of drug-likeness (QED) is 0.794. The van der Waals surface area contributed by atoms with Gasteiger partial charge in [0.25, 0.3) is 0 Å². The van der Waals surface area contributed by atoms with E-state index in [1.54, 1.807) is 10.8 Å². The van der Waals surface area contributed by atoms with Gasteiger partial charge in [0.05, 0.1) is 12.7 Å². The maximum Gasteiger partial charge on any atom is 0.346 e. The molecule has 1 amide bonds. The monoisotopic (exact) mass is 400 g/mol. The van der Waals surface area contributed by atoms with Crippen LogP contribution in [0.15, 0.2) is 23.1 Å². The Labute approximate surface area is 169 Å². The third-order valence-electron chi connectivity index (χ3n) is 5.44. The van der Waals surface area contributed by atoms with Crippen LogP contribution in [0, 0.1) is 0 Å². The lowest BCUT2D eigenvalue weighted by Crippen LogP contribution is -2.41. The van der Waals surface area contributed by atoms with Crippen molar-refractivity contribution in [2.24, 2.45) is 0 Å². The molecule has 0 aliphatic carbocycles. The molecule has 0 aromatic carbocycles. The summed E-state index contributed by atoms with van der Waals surface area (Å²) in [7, 11) is 0. The number of nitrogens with one attached hydrogen (secondary N) is 1. The molecule has 4 heterocycles. The SMILES string of the molecule is CC1CN(c2ccc(CNC(=O)Cn3nc4n(c3=O)CCCCC4)cn2)CCO1. The van der Waals surface area contributed by atoms with Crippen LogP contribution in [0.5, 0.6) is 0 Å². The van der Waals surface area contributed by atoms with Crippen LogP contribution in [0.25, 0.3) is 0 Å². The number of hydrogen-bond donors (Lipinski definition) is 1. The van der Waals surface area contributed by atoms with Gasteiger partial charge in [0.15, 0.2) is 0 Å². The van der Waals surface area contributed by atoms with Crippen LogP contribution in [-0.4, -0.2) is 51.0 Å². The van der Waals surface area contributed by atoms with Crippen molar-refractivity contribution in [1.29, 1.82) is 0 Å². The van der Waals surface area contributed by atoms with Gasteiger partial charge in [-0.3, -0.25) is 9.36 Å². The number of rotatable bonds is 5. The van der Waals surface area contributed by atoms with E-state index in [4.69, 9.17) is 4.74 Å². The molecule has 1 atom stereocenters. The maximum absolute atomic E-state index is 12.4. The van der Waals surface area contributed by atoms with E-state index in [0.29, 0.717) is 19.7 Å². The number of anilines is 1. The molecule has 0 spiro atoms. The summed E-state index contributed by atoms with van der Waals surface area (Å²) in [5.41, 5.74) is 0.721. The van der Waals surface area contributed by atoms with Crippen molar-refractivity contribution in [2.75, 3.05) is 24.6 Å². The van der Waals surface area contributed by atoms with Crippen LogP contribution in [0.1, 0.15) is 37.6 Å². The molecule has 2 aromatic heterocycles. The van der Waals surface area contributed by atoms with E-state index >= 15 is 0 Å². The van der Waals surface area contributed by atoms with Crippen LogP contribution in [0.3, 0.4) is 0 Å². The Morgan fingerprint density at radius 1 is 1.28 bits per heavy atom. The predicted molar refractivity (Wildman–Crippen MR) is 108 cm³/mol. The minimum atomic E-state index is -0.230. The first-order valence-corrected chi connectivity index (χ1v) is 10.3. The van der Waals surface area contributed by atoms with Gasteiger partial charge in [-0.1, -0.05) is 12.5 Å². The molecular formula is C20H28N6O3. The zero-order chi connectivity index (χ0) is 20.2. The van der Waals surface area contributed by atoms with Gasteiger partial charge in [0.2, 0.25) is 5.91 Å². The van der Waals surface area contributed by atoms with Crippen molar-refractivity contribution in [2.45, 2.75) is 58.3 Å². The third-order valence-corrected chi connectivity index (χ3v) is 5.44. The summed E-state index contributed by atoms with van der Waals surface area (Å²) in [6, 6.07) is 3.93. The fraction of sp³-hybridized carbons (Fsp3) is 0.600. The van der Waals surface area contributed by atoms with E-state index in [1.165, 1.54) is 4.68 Å². The van der Waals surface area contributed by atoms with Crippen LogP contribution in [0.4, 0.5) is 5.82 Å². The minimum absolute atomic E-state index is 0.0595. The number of nitrogens with zero attached hydrogens (tertiary/aromatic N) is 5. The molecule has 2 aromatic rings. The summed E-state index contributed by atoms with van der Waals surface area (Å²) in [4.78, 5) is 31.5. The number of amides is 1. The van der Waals surface area contributed by atoms with Crippen molar-refractivity contribution < 1.29 is 9.53 Å². The van der Waals surface area contributed by atoms with Crippen LogP contribution >= 0.6 is 0 Å². The lowest BCUT2D eigenvalue weighted by atomic mass is 10.2. The first kappa shape index (κ1) is 19.6. The van der Waals surface area contributed by atoms with Gasteiger partial charge in [-0.05, 0) is 31.4 Å². The average molecular weight is 400 g/mol. The zero-order valence-corrected chi connectivity index (χ0v) is 16.8. The fourth-order valence-corrected chi connectivity index (χ4v) is 3.86. The average Bonchev–Trinajstić information content (AvgIpc) is 2.88. The van der Waals surface area contributed by atoms with Gasteiger partial charge in [0, 0.05) is 38.8 Å². The van der Waals surface area contributed by atoms with Crippen LogP contribution < -0.4 is 15.9 Å². The Bertz CT molecular complexity index is 904. The summed E-state index contributed by atoms with van der Waals surface area (Å²) in [5, 5.41) is 7.20. The molecular weight excluding hydrogens is 372 g/mol. The molecule has 0 radical (unpaired) electrons. The van der Waals surface area contributed by atoms with Crippen molar-refractivity contribution in [3.05, 3.63) is 40.2 Å². The Hall–Kier alpha value is -2.68. The number of morpholine rings is 1. The summed E-state index contributed by atoms with van der Waals surface area (Å²) in [6.07, 6.45) is 5.91. The predicted octanol–water partition coefficient (Wildman–Crippen LogP) is 0.708. The summed E-state index contributed by atoms with van der Waals surface area (Å²) in [6.45, 7) is 5.42. The van der Waals surface area contributed by atoms with Gasteiger partial charge in [-0.2, -0.15) is 5.10 Å². The molecule has 4 rings (SSSR count). The summed E-state index contributed by atoms with van der Waals surface area (Å²) < 4.78 is 8.54. The third kappa shape index (κ3) is 4.67. The number of carbonyl (C=O) groups is 1. The van der Waals surface area contributed by atoms with Gasteiger partial charge in [-0.15, -0.1) is 0 Å². The number of ether oxygens (including phenoxy) is 1. The highest BCUT2D eigenvalue weighted by molar-refractivity contribution is 5.75. The van der Waals surface area contributed by atoms with E-state index in [-0.39, 0.29) is 24.2 Å². The topological polar surface area (TPSA) is 94.3 Å². The number of fused-ring (bicyclic) bond motifs is 1. The summed E-state index contributed by atoms with van der Waals surface area (Å²) >= 11 is 0. The molecule has 9 nitrogen and oxygen atoms in total. The Kier molecular flexibility index (Phi) is 5.94. The van der Waals surface area contributed by atoms with E-state index < -0.39 is 0 Å². The second kappa shape index (κ2) is 8.77. The van der Waals surface area contributed by atoms with Gasteiger partial charge in [0.1, 0.15) is 18.2 Å². The van der Waals surface area contributed by atoms with Crippen molar-refractivity contribution in [3.63, 3.8) is 0 Å². The minimum Gasteiger partial charge on any atom is -0.375 e. The van der Waals surface area contributed by atoms with Crippen LogP contribution in [0.2, 0.25) is 0 Å². The van der Waals surface area contributed by atoms with Crippen LogP contribution in [-0.2, 0) is 35.6 Å². The second-order valence-corrected chi connectivity index (χ2v) is 7.75. The van der Waals surface area contributed by atoms with E-state index in [1.807, 2.05) is 12.1 Å². The molecule has 1 fully saturated rings. The first-order valence-electron chi connectivity index (χ1n) is 10.3. The molecule has 1 saturated heterocycles. The molecule has 1 unspecified atom stereocenters. The number of aromatic nitrogens is 4. The highest BCUT2D eigenvalue weighted by Crippen LogP contribution is 2.15. The highest BCUT2D eigenvalue weighted by Gasteiger charge is 2.18. The van der Waals surface area contributed by atoms with Crippen molar-refractivity contribution in [3.8, 4) is 0 Å². The van der Waals surface area contributed by atoms with Crippen molar-refractivity contribution >= 4 is 11.7 Å². The maximum atomic E-state index is 12.4. The summed E-state index contributed by atoms with van der Waals surface area (Å²) in [5.74, 6) is 1.48. The molecule has 9 heteroatoms. The second-order valence-electron chi connectivity index (χ2n) is 7.75. The number of aryl methyl sites for hydroxylation is 1. The van der Waals surface area contributed by atoms with Gasteiger partial charge in [-0.25, -0.2) is 14.5 Å². The molecule has 2 aliphatic rings. The Morgan fingerprint density at radius 2 is 2.17 bits per heavy atom. The standard InChI is InChI=1S/C20H28N6O3/c1-15-13-24(9-10-29-15)17-7-6-16(11-21-17)12-22-19(27)14-26-20(28)25-8-4-2-3-5-18(25)23-26/h6-7,11,15H,2-5,8-10,12-14H2,1H3,(H,22,27). The van der Waals surface area contributed by atoms with Crippen molar-refractivity contribution in [1.82, 2.24) is 24.6 Å². The molecule has 156 valence electrons. The lowest BCUT2D eigenvalue weighted by Gasteiger charge is -2.32. The largest absolute Gasteiger partial charge is 0.375 e. The molecule has 0 bridgehead atoms. The van der Waals surface area contributed by atoms with Gasteiger partial charge < -0.3 is 15.0 Å².